The summed E-state index contributed by atoms with van der Waals surface area (Å²) in [6.45, 7) is 13.8. The second-order valence-corrected chi connectivity index (χ2v) is 7.15. The predicted octanol–water partition coefficient (Wildman–Crippen LogP) is 2.28. The van der Waals surface area contributed by atoms with Crippen LogP contribution >= 0.6 is 0 Å². The highest BCUT2D eigenvalue weighted by molar-refractivity contribution is 4.89. The second kappa shape index (κ2) is 8.47. The molecular weight excluding hydrogens is 264 g/mol. The van der Waals surface area contributed by atoms with Crippen LogP contribution in [-0.2, 0) is 9.47 Å². The molecule has 0 aromatic rings. The van der Waals surface area contributed by atoms with Gasteiger partial charge in [-0.3, -0.25) is 0 Å². The van der Waals surface area contributed by atoms with Crippen LogP contribution in [0.1, 0.15) is 46.5 Å². The molecule has 2 heterocycles. The molecule has 0 aliphatic carbocycles. The summed E-state index contributed by atoms with van der Waals surface area (Å²) < 4.78 is 11.7. The second-order valence-electron chi connectivity index (χ2n) is 7.15. The van der Waals surface area contributed by atoms with Crippen molar-refractivity contribution >= 4 is 0 Å². The number of ether oxygens (including phenoxy) is 2. The van der Waals surface area contributed by atoms with E-state index in [1.54, 1.807) is 0 Å². The van der Waals surface area contributed by atoms with Crippen molar-refractivity contribution in [3.05, 3.63) is 0 Å². The summed E-state index contributed by atoms with van der Waals surface area (Å²) in [7, 11) is 0. The number of piperidine rings is 1. The van der Waals surface area contributed by atoms with E-state index in [-0.39, 0.29) is 5.41 Å². The van der Waals surface area contributed by atoms with Gasteiger partial charge in [-0.25, -0.2) is 0 Å². The van der Waals surface area contributed by atoms with Gasteiger partial charge in [0.2, 0.25) is 0 Å². The Balaban J connectivity index is 1.90. The molecule has 2 saturated heterocycles. The SMILES string of the molecule is CCOC1CCCN(CC2(CNC(C)C)CCCOC2)C1. The summed E-state index contributed by atoms with van der Waals surface area (Å²) in [6.07, 6.45) is 5.39. The average molecular weight is 298 g/mol. The zero-order valence-corrected chi connectivity index (χ0v) is 14.2. The molecule has 2 aliphatic heterocycles. The molecule has 0 aromatic heterocycles. The van der Waals surface area contributed by atoms with Crippen molar-refractivity contribution in [1.29, 1.82) is 0 Å². The quantitative estimate of drug-likeness (QED) is 0.782. The largest absolute Gasteiger partial charge is 0.381 e. The molecular formula is C17H34N2O2. The molecule has 2 rings (SSSR count). The number of hydrogen-bond donors (Lipinski definition) is 1. The lowest BCUT2D eigenvalue weighted by molar-refractivity contribution is -0.0494. The van der Waals surface area contributed by atoms with Crippen molar-refractivity contribution in [1.82, 2.24) is 10.2 Å². The summed E-state index contributed by atoms with van der Waals surface area (Å²) in [6, 6.07) is 0.543. The van der Waals surface area contributed by atoms with Gasteiger partial charge < -0.3 is 19.7 Å². The fraction of sp³-hybridized carbons (Fsp3) is 1.00. The third-order valence-corrected chi connectivity index (χ3v) is 4.71. The fourth-order valence-electron chi connectivity index (χ4n) is 3.65. The van der Waals surface area contributed by atoms with E-state index in [2.05, 4.69) is 31.0 Å². The van der Waals surface area contributed by atoms with Gasteiger partial charge in [0.1, 0.15) is 0 Å². The standard InChI is InChI=1S/C17H34N2O2/c1-4-21-16-7-5-9-19(11-16)13-17(12-18-15(2)3)8-6-10-20-14-17/h15-16,18H,4-14H2,1-3H3. The molecule has 4 nitrogen and oxygen atoms in total. The van der Waals surface area contributed by atoms with Gasteiger partial charge in [0, 0.05) is 44.3 Å². The van der Waals surface area contributed by atoms with E-state index >= 15 is 0 Å². The maximum absolute atomic E-state index is 5.84. The molecule has 2 fully saturated rings. The average Bonchev–Trinajstić information content (AvgIpc) is 2.47. The van der Waals surface area contributed by atoms with E-state index in [9.17, 15) is 0 Å². The number of rotatable bonds is 7. The molecule has 0 saturated carbocycles. The first-order valence-corrected chi connectivity index (χ1v) is 8.79. The summed E-state index contributed by atoms with van der Waals surface area (Å²) >= 11 is 0. The number of hydrogen-bond acceptors (Lipinski definition) is 4. The Morgan fingerprint density at radius 1 is 1.38 bits per heavy atom. The highest BCUT2D eigenvalue weighted by Gasteiger charge is 2.36. The first-order valence-electron chi connectivity index (χ1n) is 8.79. The van der Waals surface area contributed by atoms with Crippen LogP contribution < -0.4 is 5.32 Å². The molecule has 21 heavy (non-hydrogen) atoms. The molecule has 0 bridgehead atoms. The highest BCUT2D eigenvalue weighted by atomic mass is 16.5. The van der Waals surface area contributed by atoms with Crippen molar-refractivity contribution in [2.75, 3.05) is 46.0 Å². The van der Waals surface area contributed by atoms with E-state index in [0.717, 1.165) is 39.5 Å². The Kier molecular flexibility index (Phi) is 6.93. The van der Waals surface area contributed by atoms with Gasteiger partial charge in [-0.15, -0.1) is 0 Å². The molecule has 2 aliphatic rings. The molecule has 124 valence electrons. The molecule has 2 atom stereocenters. The Morgan fingerprint density at radius 3 is 2.90 bits per heavy atom. The molecule has 0 radical (unpaired) electrons. The minimum atomic E-state index is 0.288. The number of likely N-dealkylation sites (tertiary alicyclic amines) is 1. The minimum absolute atomic E-state index is 0.288. The Labute approximate surface area is 130 Å². The van der Waals surface area contributed by atoms with Gasteiger partial charge in [-0.1, -0.05) is 13.8 Å². The first kappa shape index (κ1) is 17.2. The van der Waals surface area contributed by atoms with E-state index in [4.69, 9.17) is 9.47 Å². The Bertz CT molecular complexity index is 289. The lowest BCUT2D eigenvalue weighted by atomic mass is 9.81. The topological polar surface area (TPSA) is 33.7 Å². The highest BCUT2D eigenvalue weighted by Crippen LogP contribution is 2.30. The van der Waals surface area contributed by atoms with Crippen LogP contribution in [0, 0.1) is 5.41 Å². The van der Waals surface area contributed by atoms with Crippen LogP contribution in [0.15, 0.2) is 0 Å². The maximum atomic E-state index is 5.84. The fourth-order valence-corrected chi connectivity index (χ4v) is 3.65. The molecule has 0 spiro atoms. The summed E-state index contributed by atoms with van der Waals surface area (Å²) in [5.74, 6) is 0. The number of nitrogens with zero attached hydrogens (tertiary/aromatic N) is 1. The van der Waals surface area contributed by atoms with E-state index < -0.39 is 0 Å². The van der Waals surface area contributed by atoms with Crippen LogP contribution in [0.2, 0.25) is 0 Å². The van der Waals surface area contributed by atoms with Crippen LogP contribution in [0.5, 0.6) is 0 Å². The van der Waals surface area contributed by atoms with E-state index in [0.29, 0.717) is 12.1 Å². The van der Waals surface area contributed by atoms with Crippen LogP contribution in [0.3, 0.4) is 0 Å². The lowest BCUT2D eigenvalue weighted by Crippen LogP contribution is -2.52. The minimum Gasteiger partial charge on any atom is -0.381 e. The Morgan fingerprint density at radius 2 is 2.24 bits per heavy atom. The van der Waals surface area contributed by atoms with E-state index in [1.807, 2.05) is 0 Å². The third kappa shape index (κ3) is 5.51. The zero-order valence-electron chi connectivity index (χ0n) is 14.2. The van der Waals surface area contributed by atoms with Gasteiger partial charge in [0.15, 0.2) is 0 Å². The van der Waals surface area contributed by atoms with Gasteiger partial charge in [0.25, 0.3) is 0 Å². The summed E-state index contributed by atoms with van der Waals surface area (Å²) in [5, 5.41) is 3.64. The van der Waals surface area contributed by atoms with E-state index in [1.165, 1.54) is 32.2 Å². The summed E-state index contributed by atoms with van der Waals surface area (Å²) in [5.41, 5.74) is 0.288. The lowest BCUT2D eigenvalue weighted by Gasteiger charge is -2.43. The predicted molar refractivity (Wildman–Crippen MR) is 86.7 cm³/mol. The van der Waals surface area contributed by atoms with Crippen molar-refractivity contribution in [2.24, 2.45) is 5.41 Å². The van der Waals surface area contributed by atoms with Gasteiger partial charge in [-0.05, 0) is 39.2 Å². The van der Waals surface area contributed by atoms with Crippen molar-refractivity contribution in [2.45, 2.75) is 58.6 Å². The normalized spacial score (nSPS) is 31.7. The Hall–Kier alpha value is -0.160. The molecule has 2 unspecified atom stereocenters. The monoisotopic (exact) mass is 298 g/mol. The zero-order chi connectivity index (χ0) is 15.1. The maximum Gasteiger partial charge on any atom is 0.0702 e. The van der Waals surface area contributed by atoms with Crippen molar-refractivity contribution < 1.29 is 9.47 Å². The van der Waals surface area contributed by atoms with Gasteiger partial charge in [0.05, 0.1) is 12.7 Å². The smallest absolute Gasteiger partial charge is 0.0702 e. The van der Waals surface area contributed by atoms with Gasteiger partial charge >= 0.3 is 0 Å². The molecule has 1 N–H and O–H groups in total. The van der Waals surface area contributed by atoms with Crippen LogP contribution in [0.25, 0.3) is 0 Å². The molecule has 0 aromatic carbocycles. The van der Waals surface area contributed by atoms with Crippen molar-refractivity contribution in [3.8, 4) is 0 Å². The van der Waals surface area contributed by atoms with Crippen molar-refractivity contribution in [3.63, 3.8) is 0 Å². The van der Waals surface area contributed by atoms with Gasteiger partial charge in [-0.2, -0.15) is 0 Å². The summed E-state index contributed by atoms with van der Waals surface area (Å²) in [4.78, 5) is 2.61. The van der Waals surface area contributed by atoms with Crippen LogP contribution in [-0.4, -0.2) is 63.0 Å². The molecule has 0 amide bonds. The van der Waals surface area contributed by atoms with Crippen LogP contribution in [0.4, 0.5) is 0 Å². The number of nitrogens with one attached hydrogen (secondary N) is 1. The third-order valence-electron chi connectivity index (χ3n) is 4.71. The first-order chi connectivity index (χ1) is 10.1. The molecule has 4 heteroatoms.